The van der Waals surface area contributed by atoms with E-state index in [9.17, 15) is 19.2 Å². The first-order chi connectivity index (χ1) is 12.4. The van der Waals surface area contributed by atoms with Crippen LogP contribution >= 0.6 is 0 Å². The fourth-order valence-corrected chi connectivity index (χ4v) is 2.81. The van der Waals surface area contributed by atoms with Crippen molar-refractivity contribution in [1.29, 1.82) is 0 Å². The van der Waals surface area contributed by atoms with E-state index in [1.54, 1.807) is 0 Å². The van der Waals surface area contributed by atoms with Gasteiger partial charge in [-0.15, -0.1) is 0 Å². The molecule has 0 aromatic heterocycles. The zero-order valence-electron chi connectivity index (χ0n) is 14.3. The highest BCUT2D eigenvalue weighted by Crippen LogP contribution is 2.34. The minimum Gasteiger partial charge on any atom is -0.465 e. The monoisotopic (exact) mass is 362 g/mol. The van der Waals surface area contributed by atoms with Crippen molar-refractivity contribution >= 4 is 23.8 Å². The topological polar surface area (TPSA) is 111 Å². The molecule has 2 saturated heterocycles. The molecule has 138 valence electrons. The predicted octanol–water partition coefficient (Wildman–Crippen LogP) is -0.242. The fraction of sp³-hybridized carbons (Fsp3) is 0.412. The van der Waals surface area contributed by atoms with Crippen molar-refractivity contribution in [3.05, 3.63) is 34.7 Å². The summed E-state index contributed by atoms with van der Waals surface area (Å²) in [4.78, 5) is 51.4. The smallest absolute Gasteiger partial charge is 0.374 e. The van der Waals surface area contributed by atoms with Crippen molar-refractivity contribution in [2.45, 2.75) is 31.5 Å². The number of carbonyl (C=O) groups excluding carboxylic acids is 4. The molecule has 9 heteroatoms. The summed E-state index contributed by atoms with van der Waals surface area (Å²) >= 11 is 0. The van der Waals surface area contributed by atoms with Gasteiger partial charge in [0.1, 0.15) is 12.6 Å². The summed E-state index contributed by atoms with van der Waals surface area (Å²) < 4.78 is 9.55. The highest BCUT2D eigenvalue weighted by atomic mass is 16.8. The van der Waals surface area contributed by atoms with Crippen LogP contribution in [0.4, 0.5) is 0 Å². The molecule has 0 bridgehead atoms. The molecular formula is C17H18N2O7. The van der Waals surface area contributed by atoms with Gasteiger partial charge in [0.15, 0.2) is 0 Å². The first-order valence-electron chi connectivity index (χ1n) is 8.02. The molecule has 2 fully saturated rings. The average molecular weight is 362 g/mol. The lowest BCUT2D eigenvalue weighted by atomic mass is 10.1. The first-order valence-corrected chi connectivity index (χ1v) is 8.02. The van der Waals surface area contributed by atoms with Gasteiger partial charge in [0.05, 0.1) is 13.5 Å². The molecule has 2 amide bonds. The first kappa shape index (κ1) is 17.9. The Kier molecular flexibility index (Phi) is 4.64. The standard InChI is InChI=1S/C11H14N2O7.C6H4/c1-6(14)12-7-5-19-13(9(7)16)11(10(17)18-2)4-3-8(15)20-11;1-2-6-4-3-5(1)6/h7H,3-5H2,1-2H3,(H,12,14);1-4H. The maximum Gasteiger partial charge on any atom is 0.374 e. The molecule has 0 saturated carbocycles. The Morgan fingerprint density at radius 2 is 1.85 bits per heavy atom. The van der Waals surface area contributed by atoms with E-state index >= 15 is 0 Å². The summed E-state index contributed by atoms with van der Waals surface area (Å²) in [6.07, 6.45) is -0.0932. The number of rotatable bonds is 3. The number of methoxy groups -OCH3 is 1. The Balaban J connectivity index is 0.000000269. The number of ether oxygens (including phenoxy) is 2. The van der Waals surface area contributed by atoms with E-state index in [1.807, 2.05) is 0 Å². The molecule has 0 radical (unpaired) electrons. The molecule has 1 N–H and O–H groups in total. The van der Waals surface area contributed by atoms with Crippen LogP contribution in [-0.2, 0) is 33.5 Å². The summed E-state index contributed by atoms with van der Waals surface area (Å²) in [6.45, 7) is 1.11. The van der Waals surface area contributed by atoms with Gasteiger partial charge in [-0.05, 0) is 10.4 Å². The molecule has 2 atom stereocenters. The van der Waals surface area contributed by atoms with Crippen LogP contribution in [0.3, 0.4) is 0 Å². The van der Waals surface area contributed by atoms with Gasteiger partial charge in [-0.2, -0.15) is 5.06 Å². The summed E-state index contributed by atoms with van der Waals surface area (Å²) in [6, 6.07) is 7.56. The quantitative estimate of drug-likeness (QED) is 0.750. The molecule has 2 unspecified atom stereocenters. The van der Waals surface area contributed by atoms with Crippen molar-refractivity contribution in [3.63, 3.8) is 0 Å². The Morgan fingerprint density at radius 3 is 2.23 bits per heavy atom. The average Bonchev–Trinajstić information content (AvgIpc) is 3.15. The van der Waals surface area contributed by atoms with Gasteiger partial charge in [0.2, 0.25) is 5.91 Å². The van der Waals surface area contributed by atoms with Crippen molar-refractivity contribution in [1.82, 2.24) is 10.4 Å². The number of hydroxylamine groups is 2. The van der Waals surface area contributed by atoms with E-state index in [1.165, 1.54) is 17.4 Å². The van der Waals surface area contributed by atoms with Crippen molar-refractivity contribution in [3.8, 4) is 0 Å². The lowest BCUT2D eigenvalue weighted by Gasteiger charge is -2.31. The molecule has 26 heavy (non-hydrogen) atoms. The van der Waals surface area contributed by atoms with Crippen LogP contribution in [0.1, 0.15) is 19.8 Å². The van der Waals surface area contributed by atoms with E-state index in [0.717, 1.165) is 7.11 Å². The van der Waals surface area contributed by atoms with Crippen LogP contribution in [-0.4, -0.2) is 54.3 Å². The molecular weight excluding hydrogens is 344 g/mol. The predicted molar refractivity (Wildman–Crippen MR) is 84.6 cm³/mol. The van der Waals surface area contributed by atoms with Gasteiger partial charge in [-0.3, -0.25) is 19.2 Å². The van der Waals surface area contributed by atoms with Crippen molar-refractivity contribution in [2.75, 3.05) is 13.7 Å². The Bertz CT molecular complexity index is 818. The SMILES string of the molecule is COC(=O)C1(N2OCC(NC(C)=O)C2=O)CCC(=O)O1.c1cc2ccc1=2. The zero-order chi connectivity index (χ0) is 18.9. The van der Waals surface area contributed by atoms with Crippen LogP contribution in [0.25, 0.3) is 0 Å². The van der Waals surface area contributed by atoms with Crippen LogP contribution in [0, 0.1) is 10.4 Å². The molecule has 2 aliphatic carbocycles. The summed E-state index contributed by atoms with van der Waals surface area (Å²) in [7, 11) is 1.11. The van der Waals surface area contributed by atoms with Crippen LogP contribution < -0.4 is 5.32 Å². The second kappa shape index (κ2) is 6.75. The zero-order valence-corrected chi connectivity index (χ0v) is 14.3. The summed E-state index contributed by atoms with van der Waals surface area (Å²) in [5.41, 5.74) is -1.91. The minimum absolute atomic E-state index is 0.0347. The van der Waals surface area contributed by atoms with Gasteiger partial charge >= 0.3 is 17.7 Å². The number of nitrogens with one attached hydrogen (secondary N) is 1. The normalized spacial score (nSPS) is 25.2. The fourth-order valence-electron chi connectivity index (χ4n) is 2.81. The molecule has 4 aliphatic rings. The Hall–Kier alpha value is -2.94. The number of amides is 2. The van der Waals surface area contributed by atoms with Crippen LogP contribution in [0.5, 0.6) is 0 Å². The third-order valence-corrected chi connectivity index (χ3v) is 4.25. The highest BCUT2D eigenvalue weighted by molar-refractivity contribution is 5.94. The maximum atomic E-state index is 12.1. The molecule has 0 spiro atoms. The molecule has 2 heterocycles. The second-order valence-electron chi connectivity index (χ2n) is 6.01. The summed E-state index contributed by atoms with van der Waals surface area (Å²) in [5.74, 6) is -2.61. The third kappa shape index (κ3) is 3.01. The van der Waals surface area contributed by atoms with Crippen LogP contribution in [0.15, 0.2) is 24.3 Å². The van der Waals surface area contributed by atoms with E-state index in [4.69, 9.17) is 9.57 Å². The van der Waals surface area contributed by atoms with Gasteiger partial charge < -0.3 is 14.8 Å². The molecule has 0 aromatic rings. The lowest BCUT2D eigenvalue weighted by Crippen LogP contribution is -2.57. The minimum atomic E-state index is -1.91. The number of esters is 2. The number of nitrogens with zero attached hydrogens (tertiary/aromatic N) is 1. The number of cyclic esters (lactones) is 1. The van der Waals surface area contributed by atoms with Gasteiger partial charge in [-0.1, -0.05) is 24.3 Å². The van der Waals surface area contributed by atoms with E-state index in [0.29, 0.717) is 5.06 Å². The molecule has 2 aliphatic heterocycles. The Morgan fingerprint density at radius 1 is 1.23 bits per heavy atom. The molecule has 0 aromatic carbocycles. The van der Waals surface area contributed by atoms with E-state index in [-0.39, 0.29) is 19.4 Å². The third-order valence-electron chi connectivity index (χ3n) is 4.25. The van der Waals surface area contributed by atoms with Crippen LogP contribution in [0.2, 0.25) is 0 Å². The largest absolute Gasteiger partial charge is 0.465 e. The number of hydrogen-bond acceptors (Lipinski definition) is 7. The van der Waals surface area contributed by atoms with Crippen molar-refractivity contribution < 1.29 is 33.5 Å². The second-order valence-corrected chi connectivity index (χ2v) is 6.01. The molecule has 9 nitrogen and oxygen atoms in total. The maximum absolute atomic E-state index is 12.1. The van der Waals surface area contributed by atoms with Gasteiger partial charge in [0, 0.05) is 13.3 Å². The summed E-state index contributed by atoms with van der Waals surface area (Å²) in [5, 5.41) is 5.92. The van der Waals surface area contributed by atoms with Gasteiger partial charge in [-0.25, -0.2) is 4.79 Å². The Labute approximate surface area is 148 Å². The number of benzene rings is 1. The lowest BCUT2D eigenvalue weighted by molar-refractivity contribution is -0.258. The highest BCUT2D eigenvalue weighted by Gasteiger charge is 2.59. The van der Waals surface area contributed by atoms with Gasteiger partial charge in [0.25, 0.3) is 5.91 Å². The number of hydrogen-bond donors (Lipinski definition) is 1. The molecule has 4 rings (SSSR count). The van der Waals surface area contributed by atoms with E-state index < -0.39 is 35.5 Å². The number of carbonyl (C=O) groups is 4. The van der Waals surface area contributed by atoms with Crippen molar-refractivity contribution in [2.24, 2.45) is 0 Å². The van der Waals surface area contributed by atoms with E-state index in [2.05, 4.69) is 34.3 Å².